The molecule has 1 aromatic carbocycles. The standard InChI is InChI=1S/C23H27N5O4S/c1-16-4-6-19(7-5-16)20-8-9-21(25-24-20)28-18(3)22(17(2)26-28)33(29,30)27-12-10-23(11-13-27)31-14-15-32-23/h4-9H,10-15H2,1-3H3. The van der Waals surface area contributed by atoms with Crippen molar-refractivity contribution in [3.8, 4) is 17.1 Å². The zero-order chi connectivity index (χ0) is 23.2. The van der Waals surface area contributed by atoms with Gasteiger partial charge in [0.15, 0.2) is 11.6 Å². The second kappa shape index (κ2) is 8.28. The Labute approximate surface area is 193 Å². The predicted octanol–water partition coefficient (Wildman–Crippen LogP) is 2.78. The zero-order valence-electron chi connectivity index (χ0n) is 19.0. The number of ether oxygens (including phenoxy) is 2. The lowest BCUT2D eigenvalue weighted by molar-refractivity contribution is -0.179. The molecule has 33 heavy (non-hydrogen) atoms. The minimum Gasteiger partial charge on any atom is -0.347 e. The van der Waals surface area contributed by atoms with Gasteiger partial charge in [0.2, 0.25) is 10.0 Å². The van der Waals surface area contributed by atoms with Crippen LogP contribution in [0.5, 0.6) is 0 Å². The fourth-order valence-corrected chi connectivity index (χ4v) is 6.32. The van der Waals surface area contributed by atoms with Crippen LogP contribution < -0.4 is 0 Å². The van der Waals surface area contributed by atoms with Crippen molar-refractivity contribution in [1.29, 1.82) is 0 Å². The van der Waals surface area contributed by atoms with Gasteiger partial charge in [0, 0.05) is 31.5 Å². The number of aryl methyl sites for hydroxylation is 2. The van der Waals surface area contributed by atoms with Crippen LogP contribution in [-0.4, -0.2) is 64.8 Å². The molecule has 0 atom stereocenters. The first-order chi connectivity index (χ1) is 15.8. The summed E-state index contributed by atoms with van der Waals surface area (Å²) in [4.78, 5) is 0.219. The van der Waals surface area contributed by atoms with Crippen LogP contribution in [0, 0.1) is 20.8 Å². The molecule has 2 aliphatic heterocycles. The van der Waals surface area contributed by atoms with Crippen molar-refractivity contribution < 1.29 is 17.9 Å². The van der Waals surface area contributed by atoms with Crippen LogP contribution in [0.1, 0.15) is 29.8 Å². The lowest BCUT2D eigenvalue weighted by Gasteiger charge is -2.36. The van der Waals surface area contributed by atoms with E-state index in [2.05, 4.69) is 15.3 Å². The van der Waals surface area contributed by atoms with Gasteiger partial charge in [-0.15, -0.1) is 10.2 Å². The SMILES string of the molecule is Cc1ccc(-c2ccc(-n3nc(C)c(S(=O)(=O)N4CCC5(CC4)OCCO5)c3C)nn2)cc1. The summed E-state index contributed by atoms with van der Waals surface area (Å²) >= 11 is 0. The van der Waals surface area contributed by atoms with E-state index in [4.69, 9.17) is 9.47 Å². The number of hydrogen-bond acceptors (Lipinski definition) is 7. The second-order valence-corrected chi connectivity index (χ2v) is 10.4. The Bertz CT molecular complexity index is 1250. The molecule has 2 fully saturated rings. The molecule has 0 aliphatic carbocycles. The Hall–Kier alpha value is -2.66. The van der Waals surface area contributed by atoms with Crippen molar-refractivity contribution in [3.63, 3.8) is 0 Å². The van der Waals surface area contributed by atoms with Crippen LogP contribution >= 0.6 is 0 Å². The smallest absolute Gasteiger partial charge is 0.246 e. The highest BCUT2D eigenvalue weighted by atomic mass is 32.2. The third-order valence-corrected chi connectivity index (χ3v) is 8.49. The van der Waals surface area contributed by atoms with E-state index in [1.54, 1.807) is 24.6 Å². The number of benzene rings is 1. The second-order valence-electron chi connectivity index (χ2n) is 8.57. The third kappa shape index (κ3) is 3.97. The Kier molecular flexibility index (Phi) is 5.56. The molecule has 0 bridgehead atoms. The highest BCUT2D eigenvalue weighted by molar-refractivity contribution is 7.89. The summed E-state index contributed by atoms with van der Waals surface area (Å²) in [6.07, 6.45) is 1.04. The van der Waals surface area contributed by atoms with Gasteiger partial charge in [0.25, 0.3) is 0 Å². The van der Waals surface area contributed by atoms with Crippen LogP contribution in [0.3, 0.4) is 0 Å². The van der Waals surface area contributed by atoms with Gasteiger partial charge in [-0.1, -0.05) is 29.8 Å². The van der Waals surface area contributed by atoms with Crippen molar-refractivity contribution in [2.75, 3.05) is 26.3 Å². The molecule has 0 saturated carbocycles. The molecule has 0 unspecified atom stereocenters. The number of sulfonamides is 1. The first-order valence-corrected chi connectivity index (χ1v) is 12.5. The molecular formula is C23H27N5O4S. The van der Waals surface area contributed by atoms with E-state index in [1.165, 1.54) is 9.87 Å². The maximum atomic E-state index is 13.5. The molecule has 4 heterocycles. The van der Waals surface area contributed by atoms with Crippen LogP contribution in [0.15, 0.2) is 41.3 Å². The van der Waals surface area contributed by atoms with Crippen molar-refractivity contribution in [2.24, 2.45) is 0 Å². The molecule has 174 valence electrons. The number of aromatic nitrogens is 4. The van der Waals surface area contributed by atoms with E-state index >= 15 is 0 Å². The highest BCUT2D eigenvalue weighted by Crippen LogP contribution is 2.34. The van der Waals surface area contributed by atoms with Gasteiger partial charge in [-0.05, 0) is 32.9 Å². The summed E-state index contributed by atoms with van der Waals surface area (Å²) < 4.78 is 41.5. The van der Waals surface area contributed by atoms with Gasteiger partial charge < -0.3 is 9.47 Å². The largest absolute Gasteiger partial charge is 0.347 e. The monoisotopic (exact) mass is 469 g/mol. The molecule has 5 rings (SSSR count). The van der Waals surface area contributed by atoms with E-state index in [-0.39, 0.29) is 4.90 Å². The minimum absolute atomic E-state index is 0.219. The van der Waals surface area contributed by atoms with Gasteiger partial charge in [-0.25, -0.2) is 13.1 Å². The number of rotatable bonds is 4. The lowest BCUT2D eigenvalue weighted by Crippen LogP contribution is -2.47. The number of nitrogens with zero attached hydrogens (tertiary/aromatic N) is 5. The fraction of sp³-hybridized carbons (Fsp3) is 0.435. The molecule has 9 nitrogen and oxygen atoms in total. The first-order valence-electron chi connectivity index (χ1n) is 11.0. The van der Waals surface area contributed by atoms with Gasteiger partial charge in [0.05, 0.1) is 30.3 Å². The van der Waals surface area contributed by atoms with Crippen molar-refractivity contribution >= 4 is 10.0 Å². The zero-order valence-corrected chi connectivity index (χ0v) is 19.8. The van der Waals surface area contributed by atoms with Gasteiger partial charge >= 0.3 is 0 Å². The molecular weight excluding hydrogens is 442 g/mol. The minimum atomic E-state index is -3.72. The lowest BCUT2D eigenvalue weighted by atomic mass is 10.1. The maximum Gasteiger partial charge on any atom is 0.246 e. The molecule has 2 aliphatic rings. The van der Waals surface area contributed by atoms with Crippen LogP contribution in [-0.2, 0) is 19.5 Å². The highest BCUT2D eigenvalue weighted by Gasteiger charge is 2.43. The summed E-state index contributed by atoms with van der Waals surface area (Å²) in [6, 6.07) is 11.7. The van der Waals surface area contributed by atoms with Gasteiger partial charge in [-0.2, -0.15) is 9.40 Å². The van der Waals surface area contributed by atoms with E-state index in [1.807, 2.05) is 37.3 Å². The molecule has 0 N–H and O–H groups in total. The van der Waals surface area contributed by atoms with Crippen LogP contribution in [0.2, 0.25) is 0 Å². The number of piperidine rings is 1. The normalized spacial score (nSPS) is 18.8. The summed E-state index contributed by atoms with van der Waals surface area (Å²) in [7, 11) is -3.72. The van der Waals surface area contributed by atoms with E-state index in [9.17, 15) is 8.42 Å². The molecule has 3 aromatic rings. The van der Waals surface area contributed by atoms with Crippen LogP contribution in [0.25, 0.3) is 17.1 Å². The summed E-state index contributed by atoms with van der Waals surface area (Å²) in [5.74, 6) is -0.159. The average Bonchev–Trinajstić information content (AvgIpc) is 3.38. The first kappa shape index (κ1) is 22.1. The summed E-state index contributed by atoms with van der Waals surface area (Å²) in [5.41, 5.74) is 3.83. The van der Waals surface area contributed by atoms with Crippen molar-refractivity contribution in [3.05, 3.63) is 53.3 Å². The van der Waals surface area contributed by atoms with Crippen molar-refractivity contribution in [1.82, 2.24) is 24.3 Å². The Morgan fingerprint density at radius 3 is 2.18 bits per heavy atom. The summed E-state index contributed by atoms with van der Waals surface area (Å²) in [5, 5.41) is 13.1. The molecule has 2 saturated heterocycles. The van der Waals surface area contributed by atoms with Gasteiger partial charge in [-0.3, -0.25) is 0 Å². The molecule has 1 spiro atoms. The quantitative estimate of drug-likeness (QED) is 0.579. The molecule has 0 radical (unpaired) electrons. The molecule has 2 aromatic heterocycles. The van der Waals surface area contributed by atoms with Gasteiger partial charge in [0.1, 0.15) is 4.90 Å². The molecule has 0 amide bonds. The third-order valence-electron chi connectivity index (χ3n) is 6.34. The van der Waals surface area contributed by atoms with Crippen molar-refractivity contribution in [2.45, 2.75) is 44.3 Å². The molecule has 10 heteroatoms. The number of hydrogen-bond donors (Lipinski definition) is 0. The average molecular weight is 470 g/mol. The fourth-order valence-electron chi connectivity index (χ4n) is 4.52. The Balaban J connectivity index is 1.40. The topological polar surface area (TPSA) is 99.4 Å². The van der Waals surface area contributed by atoms with Crippen LogP contribution in [0.4, 0.5) is 0 Å². The van der Waals surface area contributed by atoms with E-state index in [0.29, 0.717) is 56.4 Å². The maximum absolute atomic E-state index is 13.5. The Morgan fingerprint density at radius 1 is 0.909 bits per heavy atom. The van der Waals surface area contributed by atoms with E-state index < -0.39 is 15.8 Å². The predicted molar refractivity (Wildman–Crippen MR) is 121 cm³/mol. The Morgan fingerprint density at radius 2 is 1.58 bits per heavy atom. The summed E-state index contributed by atoms with van der Waals surface area (Å²) in [6.45, 7) is 7.29. The van der Waals surface area contributed by atoms with E-state index in [0.717, 1.165) is 11.3 Å².